The Balaban J connectivity index is 1.49. The third-order valence-electron chi connectivity index (χ3n) is 5.28. The Morgan fingerprint density at radius 1 is 1.32 bits per heavy atom. The molecule has 6 nitrogen and oxygen atoms in total. The van der Waals surface area contributed by atoms with Gasteiger partial charge in [-0.3, -0.25) is 14.2 Å². The van der Waals surface area contributed by atoms with Gasteiger partial charge in [-0.15, -0.1) is 11.3 Å². The molecule has 146 valence electrons. The number of benzene rings is 1. The van der Waals surface area contributed by atoms with Crippen LogP contribution in [0.15, 0.2) is 46.8 Å². The molecule has 0 aliphatic carbocycles. The third-order valence-corrected chi connectivity index (χ3v) is 6.10. The second-order valence-corrected chi connectivity index (χ2v) is 7.89. The number of thiophene rings is 1. The summed E-state index contributed by atoms with van der Waals surface area (Å²) in [7, 11) is 0. The zero-order chi connectivity index (χ0) is 19.6. The average molecular weight is 401 g/mol. The minimum absolute atomic E-state index is 0.104. The zero-order valence-corrected chi connectivity index (χ0v) is 16.0. The van der Waals surface area contributed by atoms with Crippen LogP contribution in [0.25, 0.3) is 10.2 Å². The number of hydrogen-bond donors (Lipinski definition) is 1. The van der Waals surface area contributed by atoms with Crippen LogP contribution < -0.4 is 10.9 Å². The molecular weight excluding hydrogens is 381 g/mol. The fourth-order valence-corrected chi connectivity index (χ4v) is 4.36. The van der Waals surface area contributed by atoms with Crippen molar-refractivity contribution in [3.05, 3.63) is 63.8 Å². The zero-order valence-electron chi connectivity index (χ0n) is 15.2. The molecule has 3 aromatic rings. The van der Waals surface area contributed by atoms with Gasteiger partial charge in [0, 0.05) is 25.2 Å². The first kappa shape index (κ1) is 18.8. The summed E-state index contributed by atoms with van der Waals surface area (Å²) in [4.78, 5) is 29.8. The topological polar surface area (TPSA) is 73.2 Å². The summed E-state index contributed by atoms with van der Waals surface area (Å²) in [6.45, 7) is 1.38. The van der Waals surface area contributed by atoms with Crippen molar-refractivity contribution < 1.29 is 13.9 Å². The molecular formula is C20H20FN3O3S. The molecule has 1 aliphatic rings. The van der Waals surface area contributed by atoms with E-state index in [4.69, 9.17) is 4.74 Å². The monoisotopic (exact) mass is 401 g/mol. The molecule has 1 aromatic carbocycles. The van der Waals surface area contributed by atoms with Crippen LogP contribution in [-0.4, -0.2) is 35.2 Å². The number of aromatic nitrogens is 2. The fraction of sp³-hybridized carbons (Fsp3) is 0.350. The quantitative estimate of drug-likeness (QED) is 0.713. The Kier molecular flexibility index (Phi) is 5.23. The van der Waals surface area contributed by atoms with Crippen LogP contribution in [0.1, 0.15) is 18.4 Å². The van der Waals surface area contributed by atoms with Crippen molar-refractivity contribution in [3.8, 4) is 0 Å². The van der Waals surface area contributed by atoms with Gasteiger partial charge >= 0.3 is 0 Å². The normalized spacial score (nSPS) is 16.2. The molecule has 1 saturated heterocycles. The highest BCUT2D eigenvalue weighted by Crippen LogP contribution is 2.34. The first-order valence-corrected chi connectivity index (χ1v) is 9.99. The molecule has 0 unspecified atom stereocenters. The largest absolute Gasteiger partial charge is 0.381 e. The molecule has 1 amide bonds. The van der Waals surface area contributed by atoms with Gasteiger partial charge in [-0.25, -0.2) is 9.37 Å². The van der Waals surface area contributed by atoms with Crippen LogP contribution >= 0.6 is 11.3 Å². The van der Waals surface area contributed by atoms with Crippen molar-refractivity contribution >= 4 is 27.5 Å². The van der Waals surface area contributed by atoms with Crippen molar-refractivity contribution in [2.45, 2.75) is 24.8 Å². The molecule has 0 bridgehead atoms. The van der Waals surface area contributed by atoms with Gasteiger partial charge in [-0.05, 0) is 42.0 Å². The molecule has 1 aliphatic heterocycles. The lowest BCUT2D eigenvalue weighted by molar-refractivity contribution is -0.122. The standard InChI is InChI=1S/C20H20FN3O3S/c21-15-3-1-2-14(10-15)20(5-7-27-8-6-20)12-22-17(25)11-24-13-23-18-16(19(24)26)4-9-28-18/h1-4,9-10,13H,5-8,11-12H2,(H,22,25). The number of ether oxygens (including phenoxy) is 1. The smallest absolute Gasteiger partial charge is 0.262 e. The number of halogens is 1. The first-order chi connectivity index (χ1) is 13.6. The van der Waals surface area contributed by atoms with E-state index in [2.05, 4.69) is 10.3 Å². The molecule has 0 atom stereocenters. The predicted octanol–water partition coefficient (Wildman–Crippen LogP) is 2.46. The fourth-order valence-electron chi connectivity index (χ4n) is 3.63. The lowest BCUT2D eigenvalue weighted by Gasteiger charge is -2.38. The first-order valence-electron chi connectivity index (χ1n) is 9.11. The second kappa shape index (κ2) is 7.81. The van der Waals surface area contributed by atoms with Gasteiger partial charge in [0.25, 0.3) is 5.56 Å². The van der Waals surface area contributed by atoms with E-state index in [1.54, 1.807) is 17.5 Å². The summed E-state index contributed by atoms with van der Waals surface area (Å²) < 4.78 is 20.5. The van der Waals surface area contributed by atoms with Gasteiger partial charge in [0.05, 0.1) is 11.7 Å². The maximum atomic E-state index is 13.8. The van der Waals surface area contributed by atoms with Crippen LogP contribution in [-0.2, 0) is 21.5 Å². The Bertz CT molecular complexity index is 1060. The summed E-state index contributed by atoms with van der Waals surface area (Å²) in [6, 6.07) is 8.22. The molecule has 28 heavy (non-hydrogen) atoms. The van der Waals surface area contributed by atoms with Crippen molar-refractivity contribution in [2.24, 2.45) is 0 Å². The molecule has 3 heterocycles. The number of fused-ring (bicyclic) bond motifs is 1. The number of carbonyl (C=O) groups is 1. The van der Waals surface area contributed by atoms with Crippen molar-refractivity contribution in [1.29, 1.82) is 0 Å². The highest BCUT2D eigenvalue weighted by Gasteiger charge is 2.35. The molecule has 4 rings (SSSR count). The minimum Gasteiger partial charge on any atom is -0.381 e. The van der Waals surface area contributed by atoms with Crippen LogP contribution in [0.5, 0.6) is 0 Å². The summed E-state index contributed by atoms with van der Waals surface area (Å²) in [5.41, 5.74) is 0.248. The van der Waals surface area contributed by atoms with Gasteiger partial charge < -0.3 is 10.1 Å². The minimum atomic E-state index is -0.378. The molecule has 1 N–H and O–H groups in total. The Morgan fingerprint density at radius 2 is 2.14 bits per heavy atom. The average Bonchev–Trinajstić information content (AvgIpc) is 3.19. The van der Waals surface area contributed by atoms with Gasteiger partial charge in [-0.2, -0.15) is 0 Å². The van der Waals surface area contributed by atoms with Crippen LogP contribution in [0.3, 0.4) is 0 Å². The van der Waals surface area contributed by atoms with Crippen molar-refractivity contribution in [1.82, 2.24) is 14.9 Å². The van der Waals surface area contributed by atoms with E-state index in [0.717, 1.165) is 5.56 Å². The molecule has 2 aromatic heterocycles. The van der Waals surface area contributed by atoms with Crippen molar-refractivity contribution in [3.63, 3.8) is 0 Å². The maximum absolute atomic E-state index is 13.8. The van der Waals surface area contributed by atoms with E-state index in [1.807, 2.05) is 6.07 Å². The third kappa shape index (κ3) is 3.70. The summed E-state index contributed by atoms with van der Waals surface area (Å²) >= 11 is 1.39. The number of rotatable bonds is 5. The SMILES string of the molecule is O=C(Cn1cnc2sccc2c1=O)NCC1(c2cccc(F)c2)CCOCC1. The van der Waals surface area contributed by atoms with Gasteiger partial charge in [0.1, 0.15) is 17.2 Å². The number of carbonyl (C=O) groups excluding carboxylic acids is 1. The van der Waals surface area contributed by atoms with E-state index in [0.29, 0.717) is 42.8 Å². The number of amides is 1. The molecule has 0 radical (unpaired) electrons. The van der Waals surface area contributed by atoms with Gasteiger partial charge in [-0.1, -0.05) is 12.1 Å². The van der Waals surface area contributed by atoms with Crippen LogP contribution in [0.2, 0.25) is 0 Å². The van der Waals surface area contributed by atoms with Crippen LogP contribution in [0, 0.1) is 5.82 Å². The Hall–Kier alpha value is -2.58. The van der Waals surface area contributed by atoms with Crippen LogP contribution in [0.4, 0.5) is 4.39 Å². The lowest BCUT2D eigenvalue weighted by Crippen LogP contribution is -2.45. The second-order valence-electron chi connectivity index (χ2n) is 7.00. The number of nitrogens with one attached hydrogen (secondary N) is 1. The van der Waals surface area contributed by atoms with E-state index in [1.165, 1.54) is 34.4 Å². The van der Waals surface area contributed by atoms with Crippen molar-refractivity contribution in [2.75, 3.05) is 19.8 Å². The summed E-state index contributed by atoms with van der Waals surface area (Å²) in [5.74, 6) is -0.572. The maximum Gasteiger partial charge on any atom is 0.262 e. The molecule has 8 heteroatoms. The number of nitrogens with zero attached hydrogens (tertiary/aromatic N) is 2. The Morgan fingerprint density at radius 3 is 2.93 bits per heavy atom. The molecule has 1 fully saturated rings. The van der Waals surface area contributed by atoms with E-state index >= 15 is 0 Å². The molecule has 0 saturated carbocycles. The van der Waals surface area contributed by atoms with Gasteiger partial charge in [0.15, 0.2) is 0 Å². The van der Waals surface area contributed by atoms with E-state index in [-0.39, 0.29) is 29.2 Å². The Labute approximate surface area is 165 Å². The lowest BCUT2D eigenvalue weighted by atomic mass is 9.74. The summed E-state index contributed by atoms with van der Waals surface area (Å²) in [5, 5.41) is 5.24. The van der Waals surface area contributed by atoms with E-state index in [9.17, 15) is 14.0 Å². The summed E-state index contributed by atoms with van der Waals surface area (Å²) in [6.07, 6.45) is 2.79. The highest BCUT2D eigenvalue weighted by molar-refractivity contribution is 7.16. The van der Waals surface area contributed by atoms with Gasteiger partial charge in [0.2, 0.25) is 5.91 Å². The highest BCUT2D eigenvalue weighted by atomic mass is 32.1. The molecule has 0 spiro atoms. The number of hydrogen-bond acceptors (Lipinski definition) is 5. The predicted molar refractivity (Wildman–Crippen MR) is 105 cm³/mol. The van der Waals surface area contributed by atoms with E-state index < -0.39 is 0 Å².